The molecule has 0 spiro atoms. The van der Waals surface area contributed by atoms with E-state index in [1.54, 1.807) is 0 Å². The number of piperidine rings is 1. The number of nitrogens with two attached hydrogens (primary N) is 1. The lowest BCUT2D eigenvalue weighted by Gasteiger charge is -2.35. The van der Waals surface area contributed by atoms with Crippen molar-refractivity contribution in [3.63, 3.8) is 0 Å². The lowest BCUT2D eigenvalue weighted by molar-refractivity contribution is -0.119. The molecule has 1 aromatic rings. The number of carbonyl (C=O) groups excluding carboxylic acids is 1. The zero-order chi connectivity index (χ0) is 19.6. The topological polar surface area (TPSA) is 80.0 Å². The maximum absolute atomic E-state index is 11.3. The number of nitrogens with zero attached hydrogens (tertiary/aromatic N) is 2. The van der Waals surface area contributed by atoms with E-state index in [2.05, 4.69) is 24.1 Å². The van der Waals surface area contributed by atoms with E-state index in [1.807, 2.05) is 24.3 Å². The summed E-state index contributed by atoms with van der Waals surface area (Å²) >= 11 is 6.20. The molecule has 0 aliphatic carbocycles. The van der Waals surface area contributed by atoms with Gasteiger partial charge in [-0.3, -0.25) is 4.79 Å². The van der Waals surface area contributed by atoms with Crippen LogP contribution in [-0.2, 0) is 4.79 Å². The quantitative estimate of drug-likeness (QED) is 0.310. The molecule has 8 heteroatoms. The average Bonchev–Trinajstić information content (AvgIpc) is 2.65. The van der Waals surface area contributed by atoms with Crippen molar-refractivity contribution in [2.45, 2.75) is 45.6 Å². The number of hydrogen-bond donors (Lipinski definition) is 2. The summed E-state index contributed by atoms with van der Waals surface area (Å²) in [6, 6.07) is 7.49. The van der Waals surface area contributed by atoms with Gasteiger partial charge in [-0.1, -0.05) is 30.7 Å². The fourth-order valence-electron chi connectivity index (χ4n) is 3.29. The molecule has 1 aliphatic rings. The second-order valence-electron chi connectivity index (χ2n) is 6.90. The number of ether oxygens (including phenoxy) is 1. The van der Waals surface area contributed by atoms with E-state index in [1.165, 1.54) is 0 Å². The minimum atomic E-state index is -0.233. The fraction of sp³-hybridized carbons (Fsp3) is 0.600. The fourth-order valence-corrected chi connectivity index (χ4v) is 3.47. The number of likely N-dealkylation sites (tertiary alicyclic amines) is 1. The number of guanidine groups is 1. The number of primary amides is 1. The molecule has 158 valence electrons. The Kier molecular flexibility index (Phi) is 11.6. The van der Waals surface area contributed by atoms with Crippen LogP contribution in [-0.4, -0.2) is 49.0 Å². The third kappa shape index (κ3) is 8.03. The molecule has 2 rings (SSSR count). The van der Waals surface area contributed by atoms with Crippen LogP contribution >= 0.6 is 35.6 Å². The molecule has 0 saturated carbocycles. The van der Waals surface area contributed by atoms with Crippen LogP contribution in [0.15, 0.2) is 29.3 Å². The first kappa shape index (κ1) is 24.8. The minimum absolute atomic E-state index is 0. The Labute approximate surface area is 190 Å². The van der Waals surface area contributed by atoms with Crippen molar-refractivity contribution in [2.24, 2.45) is 16.6 Å². The van der Waals surface area contributed by atoms with Crippen LogP contribution in [0.25, 0.3) is 0 Å². The van der Waals surface area contributed by atoms with Gasteiger partial charge in [-0.2, -0.15) is 0 Å². The number of carbonyl (C=O) groups is 1. The third-order valence-electron chi connectivity index (χ3n) is 4.67. The van der Waals surface area contributed by atoms with E-state index in [-0.39, 0.29) is 36.0 Å². The summed E-state index contributed by atoms with van der Waals surface area (Å²) in [6.07, 6.45) is 3.29. The molecular weight excluding hydrogens is 491 g/mol. The van der Waals surface area contributed by atoms with Gasteiger partial charge in [0.05, 0.1) is 11.6 Å². The van der Waals surface area contributed by atoms with Gasteiger partial charge in [0.1, 0.15) is 11.9 Å². The summed E-state index contributed by atoms with van der Waals surface area (Å²) in [4.78, 5) is 18.3. The van der Waals surface area contributed by atoms with E-state index in [9.17, 15) is 4.79 Å². The molecule has 1 amide bonds. The zero-order valence-corrected chi connectivity index (χ0v) is 19.8. The molecule has 2 atom stereocenters. The number of nitrogens with one attached hydrogen (secondary N) is 1. The molecule has 0 radical (unpaired) electrons. The highest BCUT2D eigenvalue weighted by atomic mass is 127. The molecule has 28 heavy (non-hydrogen) atoms. The number of halogens is 2. The lowest BCUT2D eigenvalue weighted by atomic mass is 9.95. The van der Waals surface area contributed by atoms with Crippen molar-refractivity contribution >= 4 is 47.4 Å². The van der Waals surface area contributed by atoms with Crippen LogP contribution < -0.4 is 15.8 Å². The van der Waals surface area contributed by atoms with Gasteiger partial charge in [-0.15, -0.1) is 24.0 Å². The van der Waals surface area contributed by atoms with E-state index in [0.717, 1.165) is 44.9 Å². The van der Waals surface area contributed by atoms with Gasteiger partial charge in [0.2, 0.25) is 5.91 Å². The predicted molar refractivity (Wildman–Crippen MR) is 126 cm³/mol. The van der Waals surface area contributed by atoms with Crippen molar-refractivity contribution in [3.8, 4) is 5.75 Å². The first-order chi connectivity index (χ1) is 13.0. The van der Waals surface area contributed by atoms with Crippen molar-refractivity contribution in [1.29, 1.82) is 0 Å². The van der Waals surface area contributed by atoms with Gasteiger partial charge in [-0.25, -0.2) is 4.99 Å². The number of aliphatic imine (C=N–C) groups is 1. The van der Waals surface area contributed by atoms with Crippen LogP contribution in [0, 0.1) is 5.92 Å². The molecule has 1 saturated heterocycles. The molecule has 6 nitrogen and oxygen atoms in total. The first-order valence-corrected chi connectivity index (χ1v) is 10.1. The standard InChI is InChI=1S/C20H31ClN4O2.HI/c1-3-16(27-18-10-6-5-9-17(18)21)13-24-20(23-4-2)25-11-7-8-15(14-25)12-19(22)26;/h5-6,9-10,15-16H,3-4,7-8,11-14H2,1-2H3,(H2,22,26)(H,23,24);1H. The van der Waals surface area contributed by atoms with Gasteiger partial charge >= 0.3 is 0 Å². The van der Waals surface area contributed by atoms with Crippen LogP contribution in [0.1, 0.15) is 39.5 Å². The minimum Gasteiger partial charge on any atom is -0.487 e. The van der Waals surface area contributed by atoms with Crippen molar-refractivity contribution < 1.29 is 9.53 Å². The second-order valence-corrected chi connectivity index (χ2v) is 7.31. The molecule has 2 unspecified atom stereocenters. The van der Waals surface area contributed by atoms with Crippen LogP contribution in [0.5, 0.6) is 5.75 Å². The molecule has 0 bridgehead atoms. The molecule has 1 fully saturated rings. The Hall–Kier alpha value is -1.22. The summed E-state index contributed by atoms with van der Waals surface area (Å²) in [5.41, 5.74) is 5.37. The third-order valence-corrected chi connectivity index (χ3v) is 4.99. The predicted octanol–water partition coefficient (Wildman–Crippen LogP) is 3.67. The van der Waals surface area contributed by atoms with E-state index in [0.29, 0.717) is 29.7 Å². The highest BCUT2D eigenvalue weighted by molar-refractivity contribution is 14.0. The number of rotatable bonds is 8. The SMILES string of the molecule is CCNC(=NCC(CC)Oc1ccccc1Cl)N1CCCC(CC(N)=O)C1.I. The van der Waals surface area contributed by atoms with Gasteiger partial charge in [0.25, 0.3) is 0 Å². The smallest absolute Gasteiger partial charge is 0.217 e. The zero-order valence-electron chi connectivity index (χ0n) is 16.7. The van der Waals surface area contributed by atoms with Crippen molar-refractivity contribution in [1.82, 2.24) is 10.2 Å². The largest absolute Gasteiger partial charge is 0.487 e. The number of benzene rings is 1. The Morgan fingerprint density at radius 3 is 2.82 bits per heavy atom. The molecule has 1 aromatic carbocycles. The second kappa shape index (κ2) is 13.1. The molecule has 1 heterocycles. The average molecular weight is 523 g/mol. The summed E-state index contributed by atoms with van der Waals surface area (Å²) in [5, 5.41) is 3.97. The summed E-state index contributed by atoms with van der Waals surface area (Å²) in [7, 11) is 0. The first-order valence-electron chi connectivity index (χ1n) is 9.76. The van der Waals surface area contributed by atoms with Crippen molar-refractivity contribution in [2.75, 3.05) is 26.2 Å². The van der Waals surface area contributed by atoms with E-state index < -0.39 is 0 Å². The van der Waals surface area contributed by atoms with Crippen LogP contribution in [0.4, 0.5) is 0 Å². The van der Waals surface area contributed by atoms with Gasteiger partial charge in [-0.05, 0) is 44.2 Å². The Bertz CT molecular complexity index is 644. The van der Waals surface area contributed by atoms with Crippen LogP contribution in [0.3, 0.4) is 0 Å². The van der Waals surface area contributed by atoms with Crippen LogP contribution in [0.2, 0.25) is 5.02 Å². The summed E-state index contributed by atoms with van der Waals surface area (Å²) < 4.78 is 6.04. The molecule has 0 aromatic heterocycles. The number of para-hydroxylation sites is 1. The highest BCUT2D eigenvalue weighted by Crippen LogP contribution is 2.25. The Balaban J connectivity index is 0.00000392. The monoisotopic (exact) mass is 522 g/mol. The lowest BCUT2D eigenvalue weighted by Crippen LogP contribution is -2.47. The van der Waals surface area contributed by atoms with Gasteiger partial charge in [0, 0.05) is 26.1 Å². The maximum Gasteiger partial charge on any atom is 0.217 e. The molecule has 3 N–H and O–H groups in total. The summed E-state index contributed by atoms with van der Waals surface area (Å²) in [6.45, 7) is 7.20. The molecular formula is C20H32ClIN4O2. The van der Waals surface area contributed by atoms with E-state index in [4.69, 9.17) is 27.1 Å². The number of amides is 1. The van der Waals surface area contributed by atoms with E-state index >= 15 is 0 Å². The normalized spacial score (nSPS) is 18.2. The summed E-state index contributed by atoms with van der Waals surface area (Å²) in [5.74, 6) is 1.61. The molecule has 1 aliphatic heterocycles. The Morgan fingerprint density at radius 2 is 2.18 bits per heavy atom. The van der Waals surface area contributed by atoms with Gasteiger partial charge < -0.3 is 20.7 Å². The van der Waals surface area contributed by atoms with Crippen molar-refractivity contribution in [3.05, 3.63) is 29.3 Å². The Morgan fingerprint density at radius 1 is 1.43 bits per heavy atom. The van der Waals surface area contributed by atoms with Gasteiger partial charge in [0.15, 0.2) is 5.96 Å². The maximum atomic E-state index is 11.3. The highest BCUT2D eigenvalue weighted by Gasteiger charge is 2.23. The number of hydrogen-bond acceptors (Lipinski definition) is 3.